The topological polar surface area (TPSA) is 12.0 Å². The second kappa shape index (κ2) is 8.29. The van der Waals surface area contributed by atoms with Crippen molar-refractivity contribution in [2.75, 3.05) is 13.1 Å². The van der Waals surface area contributed by atoms with E-state index in [4.69, 9.17) is 0 Å². The highest BCUT2D eigenvalue weighted by atomic mass is 14.8. The third-order valence-electron chi connectivity index (χ3n) is 5.61. The van der Waals surface area contributed by atoms with Gasteiger partial charge in [-0.25, -0.2) is 0 Å². The summed E-state index contributed by atoms with van der Waals surface area (Å²) >= 11 is 0. The zero-order valence-corrected chi connectivity index (χ0v) is 13.2. The number of unbranched alkanes of at least 4 members (excludes halogenated alkanes) is 4. The normalized spacial score (nSPS) is 25.4. The van der Waals surface area contributed by atoms with Crippen LogP contribution in [0.5, 0.6) is 0 Å². The number of hydrogen-bond donors (Lipinski definition) is 1. The molecule has 0 radical (unpaired) electrons. The molecule has 1 N–H and O–H groups in total. The molecule has 0 aromatic heterocycles. The minimum Gasteiger partial charge on any atom is -0.317 e. The molecule has 19 heavy (non-hydrogen) atoms. The molecule has 0 heterocycles. The van der Waals surface area contributed by atoms with E-state index in [0.717, 1.165) is 17.9 Å². The Hall–Kier alpha value is -0.0400. The molecule has 0 amide bonds. The largest absolute Gasteiger partial charge is 0.317 e. The van der Waals surface area contributed by atoms with Gasteiger partial charge in [0.15, 0.2) is 0 Å². The third-order valence-corrected chi connectivity index (χ3v) is 5.61. The molecule has 0 aromatic carbocycles. The molecule has 0 aliphatic heterocycles. The van der Waals surface area contributed by atoms with Crippen LogP contribution in [0.2, 0.25) is 0 Å². The van der Waals surface area contributed by atoms with E-state index in [0.29, 0.717) is 0 Å². The lowest BCUT2D eigenvalue weighted by Crippen LogP contribution is -2.13. The summed E-state index contributed by atoms with van der Waals surface area (Å²) in [5.41, 5.74) is 0.863. The lowest BCUT2D eigenvalue weighted by Gasteiger charge is -2.13. The Morgan fingerprint density at radius 1 is 0.895 bits per heavy atom. The van der Waals surface area contributed by atoms with Crippen molar-refractivity contribution in [2.24, 2.45) is 11.3 Å². The zero-order valence-electron chi connectivity index (χ0n) is 13.2. The summed E-state index contributed by atoms with van der Waals surface area (Å²) < 4.78 is 0. The second-order valence-electron chi connectivity index (χ2n) is 7.09. The molecular weight excluding hydrogens is 230 g/mol. The Balaban J connectivity index is 1.44. The fraction of sp³-hybridized carbons (Fsp3) is 1.00. The Bertz CT molecular complexity index is 228. The van der Waals surface area contributed by atoms with E-state index in [1.807, 2.05) is 0 Å². The van der Waals surface area contributed by atoms with E-state index in [2.05, 4.69) is 12.2 Å². The fourth-order valence-corrected chi connectivity index (χ4v) is 4.23. The first-order valence-electron chi connectivity index (χ1n) is 9.08. The zero-order chi connectivity index (χ0) is 13.4. The van der Waals surface area contributed by atoms with Gasteiger partial charge in [0.2, 0.25) is 0 Å². The van der Waals surface area contributed by atoms with Gasteiger partial charge in [0.05, 0.1) is 0 Å². The van der Waals surface area contributed by atoms with E-state index in [9.17, 15) is 0 Å². The molecule has 2 fully saturated rings. The minimum absolute atomic E-state index is 0.863. The maximum atomic E-state index is 3.41. The molecule has 1 heteroatoms. The first-order valence-corrected chi connectivity index (χ1v) is 9.08. The van der Waals surface area contributed by atoms with Crippen molar-refractivity contribution < 1.29 is 0 Å². The van der Waals surface area contributed by atoms with Gasteiger partial charge in [0, 0.05) is 0 Å². The predicted octanol–water partition coefficient (Wildman–Crippen LogP) is 5.30. The van der Waals surface area contributed by atoms with Gasteiger partial charge < -0.3 is 5.32 Å². The van der Waals surface area contributed by atoms with Crippen LogP contribution >= 0.6 is 0 Å². The standard InChI is InChI=1S/C18H35N/c1-2-19-15-11-7-3-4-8-12-17-16-18(17)13-9-5-6-10-14-18/h17,19H,2-16H2,1H3. The molecule has 2 aliphatic rings. The predicted molar refractivity (Wildman–Crippen MR) is 84.5 cm³/mol. The van der Waals surface area contributed by atoms with Crippen LogP contribution in [0.1, 0.15) is 90.4 Å². The average molecular weight is 265 g/mol. The maximum Gasteiger partial charge on any atom is -0.00490 e. The highest BCUT2D eigenvalue weighted by Gasteiger charge is 2.51. The van der Waals surface area contributed by atoms with Crippen LogP contribution in [0.3, 0.4) is 0 Å². The first kappa shape index (κ1) is 15.4. The van der Waals surface area contributed by atoms with Gasteiger partial charge in [0.1, 0.15) is 0 Å². The fourth-order valence-electron chi connectivity index (χ4n) is 4.23. The van der Waals surface area contributed by atoms with Crippen molar-refractivity contribution in [3.05, 3.63) is 0 Å². The van der Waals surface area contributed by atoms with Crippen molar-refractivity contribution >= 4 is 0 Å². The molecule has 1 nitrogen and oxygen atoms in total. The molecule has 1 unspecified atom stereocenters. The summed E-state index contributed by atoms with van der Waals surface area (Å²) in [6.45, 7) is 4.55. The molecule has 0 bridgehead atoms. The summed E-state index contributed by atoms with van der Waals surface area (Å²) in [5, 5.41) is 3.41. The minimum atomic E-state index is 0.863. The quantitative estimate of drug-likeness (QED) is 0.558. The SMILES string of the molecule is CCNCCCCCCCC1CC12CCCCCC2. The summed E-state index contributed by atoms with van der Waals surface area (Å²) in [5.74, 6) is 1.13. The van der Waals surface area contributed by atoms with E-state index >= 15 is 0 Å². The average Bonchev–Trinajstić information content (AvgIpc) is 3.16. The van der Waals surface area contributed by atoms with Gasteiger partial charge in [-0.05, 0) is 56.5 Å². The number of hydrogen-bond acceptors (Lipinski definition) is 1. The smallest absolute Gasteiger partial charge is 0.00490 e. The molecule has 0 aromatic rings. The summed E-state index contributed by atoms with van der Waals surface area (Å²) in [6, 6.07) is 0. The van der Waals surface area contributed by atoms with E-state index in [1.54, 1.807) is 25.7 Å². The van der Waals surface area contributed by atoms with Crippen molar-refractivity contribution in [1.29, 1.82) is 0 Å². The first-order chi connectivity index (χ1) is 9.37. The molecule has 0 saturated heterocycles. The Kier molecular flexibility index (Phi) is 6.70. The lowest BCUT2D eigenvalue weighted by molar-refractivity contribution is 0.377. The van der Waals surface area contributed by atoms with Crippen LogP contribution in [0.25, 0.3) is 0 Å². The molecule has 1 spiro atoms. The van der Waals surface area contributed by atoms with E-state index < -0.39 is 0 Å². The summed E-state index contributed by atoms with van der Waals surface area (Å²) in [4.78, 5) is 0. The highest BCUT2D eigenvalue weighted by Crippen LogP contribution is 2.62. The molecule has 1 atom stereocenters. The molecular formula is C18H35N. The molecule has 2 saturated carbocycles. The Morgan fingerprint density at radius 3 is 2.32 bits per heavy atom. The number of nitrogens with one attached hydrogen (secondary N) is 1. The molecule has 2 aliphatic carbocycles. The maximum absolute atomic E-state index is 3.41. The Morgan fingerprint density at radius 2 is 1.58 bits per heavy atom. The summed E-state index contributed by atoms with van der Waals surface area (Å²) in [6.07, 6.45) is 19.6. The van der Waals surface area contributed by atoms with Gasteiger partial charge in [0.25, 0.3) is 0 Å². The van der Waals surface area contributed by atoms with Crippen LogP contribution in [0.15, 0.2) is 0 Å². The van der Waals surface area contributed by atoms with Crippen LogP contribution in [0.4, 0.5) is 0 Å². The van der Waals surface area contributed by atoms with Crippen LogP contribution in [0, 0.1) is 11.3 Å². The van der Waals surface area contributed by atoms with E-state index in [-0.39, 0.29) is 0 Å². The van der Waals surface area contributed by atoms with Crippen molar-refractivity contribution in [1.82, 2.24) is 5.32 Å². The van der Waals surface area contributed by atoms with Crippen molar-refractivity contribution in [2.45, 2.75) is 90.4 Å². The summed E-state index contributed by atoms with van der Waals surface area (Å²) in [7, 11) is 0. The lowest BCUT2D eigenvalue weighted by atomic mass is 9.92. The Labute approximate surface area is 120 Å². The van der Waals surface area contributed by atoms with Gasteiger partial charge >= 0.3 is 0 Å². The molecule has 112 valence electrons. The third kappa shape index (κ3) is 5.10. The van der Waals surface area contributed by atoms with Crippen molar-refractivity contribution in [3.63, 3.8) is 0 Å². The van der Waals surface area contributed by atoms with Crippen LogP contribution in [-0.2, 0) is 0 Å². The van der Waals surface area contributed by atoms with Crippen molar-refractivity contribution in [3.8, 4) is 0 Å². The van der Waals surface area contributed by atoms with Gasteiger partial charge in [-0.3, -0.25) is 0 Å². The second-order valence-corrected chi connectivity index (χ2v) is 7.09. The van der Waals surface area contributed by atoms with Crippen LogP contribution < -0.4 is 5.32 Å². The monoisotopic (exact) mass is 265 g/mol. The van der Waals surface area contributed by atoms with Gasteiger partial charge in [-0.1, -0.05) is 58.3 Å². The van der Waals surface area contributed by atoms with Crippen LogP contribution in [-0.4, -0.2) is 13.1 Å². The van der Waals surface area contributed by atoms with Gasteiger partial charge in [-0.15, -0.1) is 0 Å². The van der Waals surface area contributed by atoms with Gasteiger partial charge in [-0.2, -0.15) is 0 Å². The molecule has 2 rings (SSSR count). The van der Waals surface area contributed by atoms with E-state index in [1.165, 1.54) is 64.3 Å². The highest BCUT2D eigenvalue weighted by molar-refractivity contribution is 5.02. The number of rotatable bonds is 9.